The van der Waals surface area contributed by atoms with Crippen molar-refractivity contribution in [3.63, 3.8) is 0 Å². The van der Waals surface area contributed by atoms with E-state index in [0.717, 1.165) is 4.57 Å². The summed E-state index contributed by atoms with van der Waals surface area (Å²) in [5, 5.41) is 11.4. The van der Waals surface area contributed by atoms with Gasteiger partial charge in [0.2, 0.25) is 15.9 Å². The first kappa shape index (κ1) is 23.9. The number of nitrogens with zero attached hydrogens (tertiary/aromatic N) is 3. The number of hydrogen-bond acceptors (Lipinski definition) is 6. The van der Waals surface area contributed by atoms with E-state index in [0.29, 0.717) is 37.3 Å². The van der Waals surface area contributed by atoms with Gasteiger partial charge >= 0.3 is 0 Å². The van der Waals surface area contributed by atoms with Gasteiger partial charge in [-0.2, -0.15) is 4.31 Å². The second-order valence-electron chi connectivity index (χ2n) is 8.79. The molecule has 1 N–H and O–H groups in total. The molecule has 2 heterocycles. The summed E-state index contributed by atoms with van der Waals surface area (Å²) in [6.07, 6.45) is 0. The van der Waals surface area contributed by atoms with E-state index in [4.69, 9.17) is 0 Å². The van der Waals surface area contributed by atoms with E-state index in [1.54, 1.807) is 60.7 Å². The minimum Gasteiger partial charge on any atom is -0.494 e. The second kappa shape index (κ2) is 9.34. The number of ketones is 1. The van der Waals surface area contributed by atoms with Gasteiger partial charge in [0, 0.05) is 42.7 Å². The van der Waals surface area contributed by atoms with Gasteiger partial charge in [0.1, 0.15) is 0 Å². The molecule has 1 aromatic heterocycles. The zero-order valence-electron chi connectivity index (χ0n) is 19.7. The lowest BCUT2D eigenvalue weighted by Gasteiger charge is -2.31. The Labute approximate surface area is 209 Å². The highest BCUT2D eigenvalue weighted by Gasteiger charge is 2.31. The van der Waals surface area contributed by atoms with Gasteiger partial charge in [0.25, 0.3) is 5.91 Å². The molecule has 184 valence electrons. The van der Waals surface area contributed by atoms with E-state index in [9.17, 15) is 23.1 Å². The van der Waals surface area contributed by atoms with Crippen molar-refractivity contribution in [1.29, 1.82) is 0 Å². The average molecular weight is 504 g/mol. The molecule has 8 nitrogen and oxygen atoms in total. The van der Waals surface area contributed by atoms with Crippen molar-refractivity contribution < 1.29 is 23.1 Å². The summed E-state index contributed by atoms with van der Waals surface area (Å²) in [7, 11) is -1.90. The summed E-state index contributed by atoms with van der Waals surface area (Å²) in [6, 6.07) is 21.0. The molecule has 4 aromatic rings. The lowest BCUT2D eigenvalue weighted by atomic mass is 10.0. The van der Waals surface area contributed by atoms with Crippen LogP contribution in [0.1, 0.15) is 26.3 Å². The van der Waals surface area contributed by atoms with Gasteiger partial charge < -0.3 is 10.0 Å². The Balaban J connectivity index is 1.70. The second-order valence-corrected chi connectivity index (χ2v) is 10.7. The number of hydrogen-bond donors (Lipinski definition) is 1. The number of aromatic hydroxyl groups is 1. The SMILES string of the molecule is CN1CCN(S(=O)(=O)c2ccc3c(c2)c(C(=O)c2ccccc2)c(O)n3C(=O)c2ccccc2)CC1. The van der Waals surface area contributed by atoms with E-state index in [1.165, 1.54) is 22.5 Å². The quantitative estimate of drug-likeness (QED) is 0.420. The Morgan fingerprint density at radius 2 is 1.39 bits per heavy atom. The summed E-state index contributed by atoms with van der Waals surface area (Å²) in [4.78, 5) is 28.9. The van der Waals surface area contributed by atoms with Crippen LogP contribution in [0.4, 0.5) is 0 Å². The van der Waals surface area contributed by atoms with Crippen LogP contribution >= 0.6 is 0 Å². The fraction of sp³-hybridized carbons (Fsp3) is 0.185. The van der Waals surface area contributed by atoms with Crippen molar-refractivity contribution in [3.8, 4) is 5.88 Å². The number of sulfonamides is 1. The molecule has 1 aliphatic rings. The average Bonchev–Trinajstić information content (AvgIpc) is 3.20. The lowest BCUT2D eigenvalue weighted by molar-refractivity contribution is 0.0956. The van der Waals surface area contributed by atoms with Gasteiger partial charge in [-0.1, -0.05) is 48.5 Å². The van der Waals surface area contributed by atoms with Crippen LogP contribution in [0.5, 0.6) is 5.88 Å². The van der Waals surface area contributed by atoms with E-state index < -0.39 is 27.6 Å². The Morgan fingerprint density at radius 1 is 0.806 bits per heavy atom. The number of fused-ring (bicyclic) bond motifs is 1. The maximum Gasteiger partial charge on any atom is 0.265 e. The molecule has 9 heteroatoms. The van der Waals surface area contributed by atoms with Crippen molar-refractivity contribution >= 4 is 32.6 Å². The molecule has 0 saturated carbocycles. The van der Waals surface area contributed by atoms with Crippen LogP contribution in [-0.2, 0) is 10.0 Å². The Kier molecular flexibility index (Phi) is 6.21. The molecule has 5 rings (SSSR count). The molecule has 0 bridgehead atoms. The van der Waals surface area contributed by atoms with Crippen LogP contribution in [0.15, 0.2) is 83.8 Å². The van der Waals surface area contributed by atoms with Crippen LogP contribution in [0, 0.1) is 0 Å². The normalized spacial score (nSPS) is 15.2. The first-order chi connectivity index (χ1) is 17.3. The van der Waals surface area contributed by atoms with Crippen molar-refractivity contribution in [2.45, 2.75) is 4.90 Å². The van der Waals surface area contributed by atoms with Gasteiger partial charge in [-0.3, -0.25) is 9.59 Å². The first-order valence-corrected chi connectivity index (χ1v) is 13.0. The van der Waals surface area contributed by atoms with Gasteiger partial charge in [-0.05, 0) is 37.4 Å². The highest BCUT2D eigenvalue weighted by molar-refractivity contribution is 7.89. The smallest absolute Gasteiger partial charge is 0.265 e. The Morgan fingerprint density at radius 3 is 2.00 bits per heavy atom. The van der Waals surface area contributed by atoms with Crippen LogP contribution in [0.3, 0.4) is 0 Å². The van der Waals surface area contributed by atoms with Crippen molar-refractivity contribution in [2.24, 2.45) is 0 Å². The number of aromatic nitrogens is 1. The highest BCUT2D eigenvalue weighted by atomic mass is 32.2. The lowest BCUT2D eigenvalue weighted by Crippen LogP contribution is -2.46. The molecule has 0 unspecified atom stereocenters. The molecule has 1 saturated heterocycles. The minimum absolute atomic E-state index is 0.00553. The van der Waals surface area contributed by atoms with Gasteiger partial charge in [-0.25, -0.2) is 13.0 Å². The zero-order chi connectivity index (χ0) is 25.4. The molecular weight excluding hydrogens is 478 g/mol. The van der Waals surface area contributed by atoms with Crippen molar-refractivity contribution in [1.82, 2.24) is 13.8 Å². The third-order valence-electron chi connectivity index (χ3n) is 6.50. The standard InChI is InChI=1S/C27H25N3O5S/c1-28-14-16-29(17-15-28)36(34,35)21-12-13-23-22(18-21)24(25(31)19-8-4-2-5-9-19)27(33)30(23)26(32)20-10-6-3-7-11-20/h2-13,18,33H,14-17H2,1H3. The summed E-state index contributed by atoms with van der Waals surface area (Å²) in [5.74, 6) is -1.56. The molecular formula is C27H25N3O5S. The van der Waals surface area contributed by atoms with Crippen molar-refractivity contribution in [2.75, 3.05) is 33.2 Å². The minimum atomic E-state index is -3.84. The molecule has 0 atom stereocenters. The molecule has 1 aliphatic heterocycles. The molecule has 3 aromatic carbocycles. The van der Waals surface area contributed by atoms with E-state index in [1.807, 2.05) is 7.05 Å². The number of likely N-dealkylation sites (N-methyl/N-ethyl adjacent to an activating group) is 1. The fourth-order valence-electron chi connectivity index (χ4n) is 4.47. The van der Waals surface area contributed by atoms with Crippen LogP contribution in [-0.4, -0.2) is 72.2 Å². The Hall–Kier alpha value is -3.79. The van der Waals surface area contributed by atoms with Gasteiger partial charge in [0.05, 0.1) is 16.0 Å². The number of carbonyl (C=O) groups is 2. The summed E-state index contributed by atoms with van der Waals surface area (Å²) in [6.45, 7) is 1.93. The molecule has 0 spiro atoms. The zero-order valence-corrected chi connectivity index (χ0v) is 20.5. The van der Waals surface area contributed by atoms with Gasteiger partial charge in [0.15, 0.2) is 5.78 Å². The monoisotopic (exact) mass is 503 g/mol. The van der Waals surface area contributed by atoms with Crippen LogP contribution < -0.4 is 0 Å². The predicted molar refractivity (Wildman–Crippen MR) is 136 cm³/mol. The largest absolute Gasteiger partial charge is 0.494 e. The predicted octanol–water partition coefficient (Wildman–Crippen LogP) is 3.20. The molecule has 0 radical (unpaired) electrons. The molecule has 0 amide bonds. The molecule has 36 heavy (non-hydrogen) atoms. The molecule has 0 aliphatic carbocycles. The van der Waals surface area contributed by atoms with Gasteiger partial charge in [-0.15, -0.1) is 0 Å². The van der Waals surface area contributed by atoms with E-state index in [2.05, 4.69) is 4.90 Å². The summed E-state index contributed by atoms with van der Waals surface area (Å²) in [5.41, 5.74) is 0.762. The number of rotatable bonds is 5. The summed E-state index contributed by atoms with van der Waals surface area (Å²) >= 11 is 0. The third-order valence-corrected chi connectivity index (χ3v) is 8.40. The first-order valence-electron chi connectivity index (χ1n) is 11.5. The van der Waals surface area contributed by atoms with E-state index in [-0.39, 0.29) is 21.4 Å². The fourth-order valence-corrected chi connectivity index (χ4v) is 5.92. The maximum atomic E-state index is 13.5. The Bertz CT molecular complexity index is 1560. The number of carbonyl (C=O) groups excluding carboxylic acids is 2. The number of benzene rings is 3. The molecule has 1 fully saturated rings. The highest BCUT2D eigenvalue weighted by Crippen LogP contribution is 2.36. The van der Waals surface area contributed by atoms with Crippen molar-refractivity contribution in [3.05, 3.63) is 95.6 Å². The topological polar surface area (TPSA) is 99.9 Å². The third kappa shape index (κ3) is 4.11. The summed E-state index contributed by atoms with van der Waals surface area (Å²) < 4.78 is 29.3. The van der Waals surface area contributed by atoms with Crippen LogP contribution in [0.2, 0.25) is 0 Å². The van der Waals surface area contributed by atoms with E-state index >= 15 is 0 Å². The number of piperazine rings is 1. The van der Waals surface area contributed by atoms with Crippen LogP contribution in [0.25, 0.3) is 10.9 Å². The maximum absolute atomic E-state index is 13.5.